The van der Waals surface area contributed by atoms with E-state index in [9.17, 15) is 0 Å². The molecule has 1 atom stereocenters. The average molecular weight is 386 g/mol. The van der Waals surface area contributed by atoms with Crippen LogP contribution in [0.15, 0.2) is 24.3 Å². The molecule has 0 amide bonds. The molecule has 0 unspecified atom stereocenters. The van der Waals surface area contributed by atoms with E-state index in [2.05, 4.69) is 21.9 Å². The summed E-state index contributed by atoms with van der Waals surface area (Å²) in [7, 11) is 1.75. The first-order valence-corrected chi connectivity index (χ1v) is 9.62. The Hall–Kier alpha value is -1.01. The molecule has 0 radical (unpaired) electrons. The van der Waals surface area contributed by atoms with E-state index in [1.54, 1.807) is 7.11 Å². The van der Waals surface area contributed by atoms with Gasteiger partial charge in [0.15, 0.2) is 0 Å². The van der Waals surface area contributed by atoms with Crippen LogP contribution in [-0.4, -0.2) is 56.3 Å². The molecule has 0 bridgehead atoms. The van der Waals surface area contributed by atoms with Crippen molar-refractivity contribution >= 4 is 18.1 Å². The van der Waals surface area contributed by atoms with Gasteiger partial charge in [-0.2, -0.15) is 0 Å². The summed E-state index contributed by atoms with van der Waals surface area (Å²) >= 11 is 0. The number of nitrogens with two attached hydrogens (primary N) is 1. The molecule has 1 heterocycles. The lowest BCUT2D eigenvalue weighted by atomic mass is 9.85. The lowest BCUT2D eigenvalue weighted by Gasteiger charge is -2.38. The number of hydrogen-bond donors (Lipinski definition) is 1. The van der Waals surface area contributed by atoms with Crippen LogP contribution in [0.2, 0.25) is 0 Å². The topological polar surface area (TPSA) is 73.2 Å². The standard InChI is InChI=1S/C20H33N3O.ClH.H2O/c1-24-20-10-6-5-9-19(20)23-13-11-22(12-14-23)16-18(21)15-17-7-3-2-4-8-17;;/h5-6,9-10,17-18H,2-4,7-8,11-16,21H2,1H3;1H;1H2/t18-;;/m1../s1. The van der Waals surface area contributed by atoms with Crippen LogP contribution in [0.4, 0.5) is 5.69 Å². The summed E-state index contributed by atoms with van der Waals surface area (Å²) in [5.74, 6) is 1.85. The van der Waals surface area contributed by atoms with E-state index in [-0.39, 0.29) is 17.9 Å². The molecule has 0 aromatic heterocycles. The van der Waals surface area contributed by atoms with Crippen molar-refractivity contribution in [2.75, 3.05) is 44.7 Å². The Labute approximate surface area is 164 Å². The highest BCUT2D eigenvalue weighted by atomic mass is 35.5. The van der Waals surface area contributed by atoms with Crippen molar-refractivity contribution in [1.29, 1.82) is 0 Å². The molecule has 26 heavy (non-hydrogen) atoms. The fraction of sp³-hybridized carbons (Fsp3) is 0.700. The molecule has 6 heteroatoms. The maximum absolute atomic E-state index is 6.45. The van der Waals surface area contributed by atoms with Crippen LogP contribution in [0.3, 0.4) is 0 Å². The normalized spacial score (nSPS) is 20.0. The Bertz CT molecular complexity index is 504. The van der Waals surface area contributed by atoms with Crippen molar-refractivity contribution in [2.45, 2.75) is 44.6 Å². The average Bonchev–Trinajstić information content (AvgIpc) is 2.63. The minimum Gasteiger partial charge on any atom is -0.495 e. The van der Waals surface area contributed by atoms with Crippen LogP contribution < -0.4 is 15.4 Å². The van der Waals surface area contributed by atoms with E-state index in [1.807, 2.05) is 12.1 Å². The van der Waals surface area contributed by atoms with Crippen LogP contribution in [0.5, 0.6) is 5.75 Å². The van der Waals surface area contributed by atoms with Crippen LogP contribution in [-0.2, 0) is 0 Å². The van der Waals surface area contributed by atoms with E-state index in [4.69, 9.17) is 10.5 Å². The molecule has 150 valence electrons. The number of piperazine rings is 1. The zero-order valence-electron chi connectivity index (χ0n) is 16.0. The molecule has 5 nitrogen and oxygen atoms in total. The summed E-state index contributed by atoms with van der Waals surface area (Å²) in [5, 5.41) is 0. The van der Waals surface area contributed by atoms with Crippen molar-refractivity contribution in [3.63, 3.8) is 0 Å². The van der Waals surface area contributed by atoms with Gasteiger partial charge in [-0.1, -0.05) is 44.2 Å². The van der Waals surface area contributed by atoms with E-state index >= 15 is 0 Å². The number of para-hydroxylation sites is 2. The van der Waals surface area contributed by atoms with E-state index in [0.29, 0.717) is 6.04 Å². The molecule has 1 aliphatic heterocycles. The summed E-state index contributed by atoms with van der Waals surface area (Å²) < 4.78 is 5.50. The van der Waals surface area contributed by atoms with E-state index in [0.717, 1.165) is 44.4 Å². The van der Waals surface area contributed by atoms with E-state index < -0.39 is 0 Å². The van der Waals surface area contributed by atoms with Gasteiger partial charge in [0, 0.05) is 38.8 Å². The van der Waals surface area contributed by atoms with Crippen LogP contribution >= 0.6 is 12.4 Å². The highest BCUT2D eigenvalue weighted by Gasteiger charge is 2.22. The summed E-state index contributed by atoms with van der Waals surface area (Å²) in [5.41, 5.74) is 7.67. The number of nitrogens with zero attached hydrogens (tertiary/aromatic N) is 2. The van der Waals surface area contributed by atoms with Gasteiger partial charge in [-0.15, -0.1) is 12.4 Å². The maximum atomic E-state index is 6.45. The summed E-state index contributed by atoms with van der Waals surface area (Å²) in [6.45, 7) is 5.34. The van der Waals surface area contributed by atoms with E-state index in [1.165, 1.54) is 44.2 Å². The highest BCUT2D eigenvalue weighted by molar-refractivity contribution is 5.85. The maximum Gasteiger partial charge on any atom is 0.142 e. The third-order valence-corrected chi connectivity index (χ3v) is 5.65. The number of rotatable bonds is 6. The first-order valence-electron chi connectivity index (χ1n) is 9.62. The van der Waals surface area contributed by atoms with Crippen LogP contribution in [0.25, 0.3) is 0 Å². The van der Waals surface area contributed by atoms with Gasteiger partial charge in [-0.3, -0.25) is 4.90 Å². The fourth-order valence-corrected chi connectivity index (χ4v) is 4.32. The van der Waals surface area contributed by atoms with Gasteiger partial charge in [0.1, 0.15) is 5.75 Å². The van der Waals surface area contributed by atoms with Gasteiger partial charge in [0.2, 0.25) is 0 Å². The Morgan fingerprint density at radius 3 is 2.38 bits per heavy atom. The van der Waals surface area contributed by atoms with Gasteiger partial charge >= 0.3 is 0 Å². The number of halogens is 1. The lowest BCUT2D eigenvalue weighted by Crippen LogP contribution is -2.50. The second-order valence-corrected chi connectivity index (χ2v) is 7.46. The van der Waals surface area contributed by atoms with Crippen molar-refractivity contribution in [1.82, 2.24) is 4.90 Å². The first kappa shape index (κ1) is 23.0. The zero-order chi connectivity index (χ0) is 16.8. The monoisotopic (exact) mass is 385 g/mol. The minimum atomic E-state index is 0. The number of anilines is 1. The minimum absolute atomic E-state index is 0. The molecule has 4 N–H and O–H groups in total. The third-order valence-electron chi connectivity index (χ3n) is 5.65. The SMILES string of the molecule is COc1ccccc1N1CCN(C[C@H](N)CC2CCCCC2)CC1.Cl.O. The van der Waals surface area contributed by atoms with Crippen molar-refractivity contribution in [3.8, 4) is 5.75 Å². The highest BCUT2D eigenvalue weighted by Crippen LogP contribution is 2.29. The van der Waals surface area contributed by atoms with Crippen LogP contribution in [0, 0.1) is 5.92 Å². The summed E-state index contributed by atoms with van der Waals surface area (Å²) in [4.78, 5) is 4.97. The largest absolute Gasteiger partial charge is 0.495 e. The summed E-state index contributed by atoms with van der Waals surface area (Å²) in [6.07, 6.45) is 8.26. The molecule has 1 aromatic carbocycles. The molecule has 0 spiro atoms. The first-order chi connectivity index (χ1) is 11.8. The second-order valence-electron chi connectivity index (χ2n) is 7.46. The third kappa shape index (κ3) is 6.31. The van der Waals surface area contributed by atoms with Crippen molar-refractivity contribution < 1.29 is 10.2 Å². The van der Waals surface area contributed by atoms with Gasteiger partial charge in [-0.05, 0) is 24.5 Å². The van der Waals surface area contributed by atoms with Crippen molar-refractivity contribution in [3.05, 3.63) is 24.3 Å². The Balaban J connectivity index is 0.00000169. The quantitative estimate of drug-likeness (QED) is 0.817. The second kappa shape index (κ2) is 11.7. The summed E-state index contributed by atoms with van der Waals surface area (Å²) in [6, 6.07) is 8.66. The predicted octanol–water partition coefficient (Wildman–Crippen LogP) is 2.71. The van der Waals surface area contributed by atoms with Gasteiger partial charge < -0.3 is 20.8 Å². The molecule has 1 saturated heterocycles. The molecule has 2 fully saturated rings. The molecule has 1 saturated carbocycles. The molecule has 2 aliphatic rings. The van der Waals surface area contributed by atoms with Gasteiger partial charge in [0.05, 0.1) is 12.8 Å². The molecular weight excluding hydrogens is 350 g/mol. The molecule has 3 rings (SSSR count). The van der Waals surface area contributed by atoms with Crippen molar-refractivity contribution in [2.24, 2.45) is 11.7 Å². The zero-order valence-corrected chi connectivity index (χ0v) is 16.8. The Morgan fingerprint density at radius 2 is 1.73 bits per heavy atom. The number of ether oxygens (including phenoxy) is 1. The molecule has 1 aliphatic carbocycles. The molecular formula is C20H36ClN3O2. The number of methoxy groups -OCH3 is 1. The number of hydrogen-bond acceptors (Lipinski definition) is 4. The lowest BCUT2D eigenvalue weighted by molar-refractivity contribution is 0.219. The van der Waals surface area contributed by atoms with Crippen LogP contribution in [0.1, 0.15) is 38.5 Å². The Kier molecular flexibility index (Phi) is 10.3. The Morgan fingerprint density at radius 1 is 1.08 bits per heavy atom. The van der Waals surface area contributed by atoms with Gasteiger partial charge in [-0.25, -0.2) is 0 Å². The fourth-order valence-electron chi connectivity index (χ4n) is 4.32. The predicted molar refractivity (Wildman–Crippen MR) is 112 cm³/mol. The number of benzene rings is 1. The molecule has 1 aromatic rings. The smallest absolute Gasteiger partial charge is 0.142 e. The van der Waals surface area contributed by atoms with Gasteiger partial charge in [0.25, 0.3) is 0 Å².